The zero-order valence-electron chi connectivity index (χ0n) is 19.1. The molecule has 0 saturated carbocycles. The molecule has 2 saturated heterocycles. The summed E-state index contributed by atoms with van der Waals surface area (Å²) in [6.07, 6.45) is 2.02. The van der Waals surface area contributed by atoms with E-state index in [0.717, 1.165) is 85.7 Å². The predicted octanol–water partition coefficient (Wildman–Crippen LogP) is 3.28. The number of carbonyl (C=O) groups is 1. The Balaban J connectivity index is 1.35. The largest absolute Gasteiger partial charge is 0.340 e. The Kier molecular flexibility index (Phi) is 6.78. The van der Waals surface area contributed by atoms with Gasteiger partial charge in [0.2, 0.25) is 5.91 Å². The summed E-state index contributed by atoms with van der Waals surface area (Å²) in [6.45, 7) is 5.90. The van der Waals surface area contributed by atoms with E-state index in [1.807, 2.05) is 19.2 Å². The summed E-state index contributed by atoms with van der Waals surface area (Å²) in [5.74, 6) is 1.41. The quantitative estimate of drug-likeness (QED) is 0.570. The molecule has 2 aliphatic rings. The predicted molar refractivity (Wildman–Crippen MR) is 134 cm³/mol. The molecule has 5 rings (SSSR count). The molecule has 8 heteroatoms. The van der Waals surface area contributed by atoms with Crippen molar-refractivity contribution in [1.82, 2.24) is 29.8 Å². The van der Waals surface area contributed by atoms with Crippen LogP contribution in [0, 0.1) is 5.92 Å². The van der Waals surface area contributed by atoms with Crippen LogP contribution < -0.4 is 5.43 Å². The first-order chi connectivity index (χ1) is 16.1. The summed E-state index contributed by atoms with van der Waals surface area (Å²) in [5.41, 5.74) is 6.39. The first kappa shape index (κ1) is 22.5. The van der Waals surface area contributed by atoms with Crippen molar-refractivity contribution < 1.29 is 4.79 Å². The third kappa shape index (κ3) is 4.84. The Morgan fingerprint density at radius 2 is 1.91 bits per heavy atom. The number of amides is 1. The van der Waals surface area contributed by atoms with Crippen LogP contribution in [0.15, 0.2) is 53.0 Å². The van der Waals surface area contributed by atoms with Crippen LogP contribution in [0.25, 0.3) is 16.7 Å². The number of hydrogen-bond donors (Lipinski definition) is 1. The number of fused-ring (bicyclic) bond motifs is 1. The number of piperazine rings is 1. The van der Waals surface area contributed by atoms with Gasteiger partial charge >= 0.3 is 0 Å². The van der Waals surface area contributed by atoms with Gasteiger partial charge in [-0.05, 0) is 56.8 Å². The summed E-state index contributed by atoms with van der Waals surface area (Å²) in [6, 6.07) is 16.6. The lowest BCUT2D eigenvalue weighted by molar-refractivity contribution is -0.139. The van der Waals surface area contributed by atoms with Gasteiger partial charge in [-0.2, -0.15) is 0 Å². The average molecular weight is 511 g/mol. The summed E-state index contributed by atoms with van der Waals surface area (Å²) in [7, 11) is 1.94. The number of aromatic nitrogens is 2. The summed E-state index contributed by atoms with van der Waals surface area (Å²) < 4.78 is 3.30. The molecule has 2 aliphatic heterocycles. The first-order valence-electron chi connectivity index (χ1n) is 11.8. The van der Waals surface area contributed by atoms with Crippen LogP contribution >= 0.6 is 15.9 Å². The average Bonchev–Trinajstić information content (AvgIpc) is 3.21. The zero-order chi connectivity index (χ0) is 22.8. The van der Waals surface area contributed by atoms with Crippen LogP contribution in [-0.4, -0.2) is 76.6 Å². The summed E-state index contributed by atoms with van der Waals surface area (Å²) in [5, 5.41) is 2.17. The lowest BCUT2D eigenvalue weighted by Gasteiger charge is -2.38. The smallest absolute Gasteiger partial charge is 0.227 e. The van der Waals surface area contributed by atoms with Crippen molar-refractivity contribution in [2.75, 3.05) is 46.3 Å². The molecule has 7 nitrogen and oxygen atoms in total. The van der Waals surface area contributed by atoms with Gasteiger partial charge in [-0.25, -0.2) is 9.99 Å². The molecule has 0 spiro atoms. The molecule has 2 fully saturated rings. The standard InChI is InChI=1S/C25H31BrN6O/c1-27-31-14-12-30(13-15-31)25(33)19-6-5-11-29(17-19)18-24-28-22-9-2-3-10-23(22)32(24)21-8-4-7-20(26)16-21/h2-4,7-10,16,19,27H,5-6,11-15,17-18H2,1H3/t19-/m1/s1. The third-order valence-corrected chi connectivity index (χ3v) is 7.32. The van der Waals surface area contributed by atoms with E-state index >= 15 is 0 Å². The van der Waals surface area contributed by atoms with E-state index in [1.165, 1.54) is 0 Å². The molecule has 1 amide bonds. The highest BCUT2D eigenvalue weighted by molar-refractivity contribution is 9.10. The number of nitrogens with zero attached hydrogens (tertiary/aromatic N) is 5. The molecule has 33 heavy (non-hydrogen) atoms. The Morgan fingerprint density at radius 1 is 1.09 bits per heavy atom. The molecule has 0 radical (unpaired) electrons. The van der Waals surface area contributed by atoms with Gasteiger partial charge in [0.15, 0.2) is 0 Å². The van der Waals surface area contributed by atoms with Gasteiger partial charge in [-0.15, -0.1) is 0 Å². The number of carbonyl (C=O) groups excluding carboxylic acids is 1. The third-order valence-electron chi connectivity index (χ3n) is 6.82. The first-order valence-corrected chi connectivity index (χ1v) is 12.6. The van der Waals surface area contributed by atoms with Gasteiger partial charge in [0.1, 0.15) is 5.82 Å². The SMILES string of the molecule is CNN1CCN(C(=O)[C@@H]2CCCN(Cc3nc4ccccc4n3-c3cccc(Br)c3)C2)CC1. The zero-order valence-corrected chi connectivity index (χ0v) is 20.7. The van der Waals surface area contributed by atoms with Crippen molar-refractivity contribution in [2.24, 2.45) is 5.92 Å². The minimum absolute atomic E-state index is 0.0728. The second-order valence-electron chi connectivity index (χ2n) is 8.94. The normalized spacial score (nSPS) is 20.4. The fourth-order valence-corrected chi connectivity index (χ4v) is 5.48. The van der Waals surface area contributed by atoms with Crippen LogP contribution in [0.3, 0.4) is 0 Å². The molecule has 0 aliphatic carbocycles. The molecular formula is C25H31BrN6O. The molecule has 2 aromatic carbocycles. The van der Waals surface area contributed by atoms with E-state index in [1.54, 1.807) is 0 Å². The lowest BCUT2D eigenvalue weighted by Crippen LogP contribution is -2.54. The second-order valence-corrected chi connectivity index (χ2v) is 9.86. The Bertz CT molecular complexity index is 1120. The molecule has 3 heterocycles. The maximum absolute atomic E-state index is 13.2. The van der Waals surface area contributed by atoms with Crippen molar-refractivity contribution in [2.45, 2.75) is 19.4 Å². The number of piperidine rings is 1. The molecule has 1 N–H and O–H groups in total. The van der Waals surface area contributed by atoms with Gasteiger partial charge in [0.05, 0.1) is 23.5 Å². The number of halogens is 1. The number of likely N-dealkylation sites (tertiary alicyclic amines) is 1. The fourth-order valence-electron chi connectivity index (χ4n) is 5.09. The van der Waals surface area contributed by atoms with Gasteiger partial charge in [0.25, 0.3) is 0 Å². The lowest BCUT2D eigenvalue weighted by atomic mass is 9.96. The van der Waals surface area contributed by atoms with Crippen LogP contribution in [0.1, 0.15) is 18.7 Å². The minimum atomic E-state index is 0.0728. The number of para-hydroxylation sites is 2. The van der Waals surface area contributed by atoms with Crippen molar-refractivity contribution in [3.63, 3.8) is 0 Å². The van der Waals surface area contributed by atoms with E-state index < -0.39 is 0 Å². The number of benzene rings is 2. The minimum Gasteiger partial charge on any atom is -0.340 e. The Hall–Kier alpha value is -2.26. The van der Waals surface area contributed by atoms with Gasteiger partial charge in [-0.3, -0.25) is 19.7 Å². The molecular weight excluding hydrogens is 480 g/mol. The molecule has 1 aromatic heterocycles. The van der Waals surface area contributed by atoms with Crippen LogP contribution in [0.4, 0.5) is 0 Å². The Morgan fingerprint density at radius 3 is 2.70 bits per heavy atom. The van der Waals surface area contributed by atoms with E-state index in [4.69, 9.17) is 4.98 Å². The molecule has 0 unspecified atom stereocenters. The van der Waals surface area contributed by atoms with E-state index in [9.17, 15) is 4.79 Å². The number of hydrogen-bond acceptors (Lipinski definition) is 5. The number of nitrogens with one attached hydrogen (secondary N) is 1. The van der Waals surface area contributed by atoms with Gasteiger partial charge in [-0.1, -0.05) is 34.1 Å². The monoisotopic (exact) mass is 510 g/mol. The maximum atomic E-state index is 13.2. The van der Waals surface area contributed by atoms with E-state index in [-0.39, 0.29) is 5.92 Å². The maximum Gasteiger partial charge on any atom is 0.227 e. The number of hydrazine groups is 1. The summed E-state index contributed by atoms with van der Waals surface area (Å²) >= 11 is 3.61. The second kappa shape index (κ2) is 9.93. The van der Waals surface area contributed by atoms with Crippen LogP contribution in [0.5, 0.6) is 0 Å². The van der Waals surface area contributed by atoms with Gasteiger partial charge in [0, 0.05) is 42.9 Å². The van der Waals surface area contributed by atoms with Crippen molar-refractivity contribution in [3.05, 3.63) is 58.8 Å². The van der Waals surface area contributed by atoms with E-state index in [2.05, 4.69) is 77.1 Å². The molecule has 0 bridgehead atoms. The highest BCUT2D eigenvalue weighted by Gasteiger charge is 2.31. The fraction of sp³-hybridized carbons (Fsp3) is 0.440. The van der Waals surface area contributed by atoms with Crippen LogP contribution in [-0.2, 0) is 11.3 Å². The van der Waals surface area contributed by atoms with E-state index in [0.29, 0.717) is 5.91 Å². The molecule has 3 aromatic rings. The highest BCUT2D eigenvalue weighted by Crippen LogP contribution is 2.26. The van der Waals surface area contributed by atoms with Crippen molar-refractivity contribution in [3.8, 4) is 5.69 Å². The van der Waals surface area contributed by atoms with Crippen LogP contribution in [0.2, 0.25) is 0 Å². The van der Waals surface area contributed by atoms with Gasteiger partial charge < -0.3 is 4.90 Å². The number of rotatable bonds is 5. The number of imidazole rings is 1. The van der Waals surface area contributed by atoms with Crippen molar-refractivity contribution in [1.29, 1.82) is 0 Å². The highest BCUT2D eigenvalue weighted by atomic mass is 79.9. The molecule has 1 atom stereocenters. The molecule has 174 valence electrons. The summed E-state index contributed by atoms with van der Waals surface area (Å²) in [4.78, 5) is 22.7. The Labute approximate surface area is 203 Å². The van der Waals surface area contributed by atoms with Crippen molar-refractivity contribution >= 4 is 32.9 Å². The topological polar surface area (TPSA) is 56.6 Å².